The van der Waals surface area contributed by atoms with E-state index < -0.39 is 11.5 Å². The van der Waals surface area contributed by atoms with Gasteiger partial charge in [-0.15, -0.1) is 0 Å². The molecular weight excluding hydrogens is 302 g/mol. The number of amides is 1. The third-order valence-corrected chi connectivity index (χ3v) is 4.83. The van der Waals surface area contributed by atoms with Crippen molar-refractivity contribution in [2.75, 3.05) is 0 Å². The first kappa shape index (κ1) is 16.8. The van der Waals surface area contributed by atoms with Crippen molar-refractivity contribution < 1.29 is 14.7 Å². The molecule has 1 amide bonds. The van der Waals surface area contributed by atoms with E-state index in [1.54, 1.807) is 6.07 Å². The Morgan fingerprint density at radius 2 is 2.00 bits per heavy atom. The van der Waals surface area contributed by atoms with Gasteiger partial charge in [0.05, 0.1) is 6.42 Å². The number of carboxylic acids is 1. The van der Waals surface area contributed by atoms with Crippen LogP contribution in [-0.4, -0.2) is 22.5 Å². The maximum Gasteiger partial charge on any atom is 0.329 e. The first-order valence-electron chi connectivity index (χ1n) is 7.62. The summed E-state index contributed by atoms with van der Waals surface area (Å²) < 4.78 is 0. The number of rotatable bonds is 4. The summed E-state index contributed by atoms with van der Waals surface area (Å²) in [7, 11) is 0. The number of carbonyl (C=O) groups excluding carboxylic acids is 1. The van der Waals surface area contributed by atoms with E-state index >= 15 is 0 Å². The van der Waals surface area contributed by atoms with Gasteiger partial charge in [-0.3, -0.25) is 4.79 Å². The van der Waals surface area contributed by atoms with Crippen molar-refractivity contribution >= 4 is 23.5 Å². The Morgan fingerprint density at radius 3 is 2.55 bits per heavy atom. The molecule has 1 aliphatic rings. The fraction of sp³-hybridized carbons (Fsp3) is 0.529. The van der Waals surface area contributed by atoms with E-state index in [4.69, 9.17) is 11.6 Å². The van der Waals surface area contributed by atoms with Crippen molar-refractivity contribution in [3.8, 4) is 0 Å². The van der Waals surface area contributed by atoms with Gasteiger partial charge in [-0.1, -0.05) is 30.7 Å². The SMILES string of the molecule is Cc1ccc(CC(=O)NC2(C(=O)O)CCC(C)CC2)c(Cl)c1. The zero-order valence-electron chi connectivity index (χ0n) is 13.0. The Balaban J connectivity index is 2.07. The van der Waals surface area contributed by atoms with E-state index in [2.05, 4.69) is 12.2 Å². The van der Waals surface area contributed by atoms with E-state index in [1.807, 2.05) is 19.1 Å². The topological polar surface area (TPSA) is 66.4 Å². The summed E-state index contributed by atoms with van der Waals surface area (Å²) in [5.74, 6) is -0.721. The zero-order chi connectivity index (χ0) is 16.3. The average molecular weight is 324 g/mol. The molecule has 0 saturated heterocycles. The number of carboxylic acid groups (broad SMARTS) is 1. The quantitative estimate of drug-likeness (QED) is 0.893. The summed E-state index contributed by atoms with van der Waals surface area (Å²) in [5, 5.41) is 12.8. The van der Waals surface area contributed by atoms with Crippen molar-refractivity contribution in [1.29, 1.82) is 0 Å². The first-order chi connectivity index (χ1) is 10.3. The highest BCUT2D eigenvalue weighted by Gasteiger charge is 2.42. The van der Waals surface area contributed by atoms with Gasteiger partial charge < -0.3 is 10.4 Å². The molecule has 0 aromatic heterocycles. The van der Waals surface area contributed by atoms with Crippen LogP contribution >= 0.6 is 11.6 Å². The number of benzene rings is 1. The third kappa shape index (κ3) is 3.80. The highest BCUT2D eigenvalue weighted by atomic mass is 35.5. The number of hydrogen-bond donors (Lipinski definition) is 2. The average Bonchev–Trinajstić information content (AvgIpc) is 2.44. The molecule has 120 valence electrons. The lowest BCUT2D eigenvalue weighted by Crippen LogP contribution is -2.56. The molecule has 0 heterocycles. The second kappa shape index (κ2) is 6.69. The number of aliphatic carboxylic acids is 1. The van der Waals surface area contributed by atoms with Gasteiger partial charge in [0, 0.05) is 5.02 Å². The lowest BCUT2D eigenvalue weighted by molar-refractivity contribution is -0.149. The van der Waals surface area contributed by atoms with E-state index in [0.717, 1.165) is 24.0 Å². The Hall–Kier alpha value is -1.55. The molecule has 1 aromatic rings. The van der Waals surface area contributed by atoms with Gasteiger partial charge in [0.1, 0.15) is 5.54 Å². The standard InChI is InChI=1S/C17H22ClNO3/c1-11-5-7-17(8-6-11,16(21)22)19-15(20)10-13-4-3-12(2)9-14(13)18/h3-4,9,11H,5-8,10H2,1-2H3,(H,19,20)(H,21,22). The predicted molar refractivity (Wildman–Crippen MR) is 86.0 cm³/mol. The molecule has 0 unspecified atom stereocenters. The molecule has 0 bridgehead atoms. The highest BCUT2D eigenvalue weighted by Crippen LogP contribution is 2.32. The second-order valence-corrected chi connectivity index (χ2v) is 6.80. The van der Waals surface area contributed by atoms with Crippen LogP contribution in [0, 0.1) is 12.8 Å². The molecule has 1 fully saturated rings. The van der Waals surface area contributed by atoms with Gasteiger partial charge >= 0.3 is 5.97 Å². The molecule has 22 heavy (non-hydrogen) atoms. The zero-order valence-corrected chi connectivity index (χ0v) is 13.7. The largest absolute Gasteiger partial charge is 0.480 e. The number of nitrogens with one attached hydrogen (secondary N) is 1. The Labute approximate surface area is 135 Å². The van der Waals surface area contributed by atoms with Gasteiger partial charge in [0.15, 0.2) is 0 Å². The van der Waals surface area contributed by atoms with Gasteiger partial charge in [-0.25, -0.2) is 4.79 Å². The second-order valence-electron chi connectivity index (χ2n) is 6.39. The third-order valence-electron chi connectivity index (χ3n) is 4.48. The summed E-state index contributed by atoms with van der Waals surface area (Å²) >= 11 is 6.14. The smallest absolute Gasteiger partial charge is 0.329 e. The summed E-state index contributed by atoms with van der Waals surface area (Å²) in [5.41, 5.74) is 0.618. The molecule has 1 saturated carbocycles. The fourth-order valence-corrected chi connectivity index (χ4v) is 3.23. The van der Waals surface area contributed by atoms with Crippen molar-refractivity contribution in [3.63, 3.8) is 0 Å². The number of aryl methyl sites for hydroxylation is 1. The normalized spacial score (nSPS) is 24.8. The minimum absolute atomic E-state index is 0.101. The Bertz CT molecular complexity index is 577. The molecule has 2 rings (SSSR count). The molecule has 0 atom stereocenters. The van der Waals surface area contributed by atoms with Crippen molar-refractivity contribution in [2.24, 2.45) is 5.92 Å². The van der Waals surface area contributed by atoms with E-state index in [9.17, 15) is 14.7 Å². The molecule has 2 N–H and O–H groups in total. The predicted octanol–water partition coefficient (Wildman–Crippen LogP) is 3.34. The molecule has 5 heteroatoms. The summed E-state index contributed by atoms with van der Waals surface area (Å²) in [4.78, 5) is 23.9. The molecular formula is C17H22ClNO3. The van der Waals surface area contributed by atoms with Crippen LogP contribution in [0.5, 0.6) is 0 Å². The van der Waals surface area contributed by atoms with E-state index in [-0.39, 0.29) is 12.3 Å². The van der Waals surface area contributed by atoms with Crippen LogP contribution in [0.2, 0.25) is 5.02 Å². The van der Waals surface area contributed by atoms with Crippen LogP contribution in [0.4, 0.5) is 0 Å². The Morgan fingerprint density at radius 1 is 1.36 bits per heavy atom. The van der Waals surface area contributed by atoms with Crippen LogP contribution in [0.1, 0.15) is 43.7 Å². The number of hydrogen-bond acceptors (Lipinski definition) is 2. The number of carbonyl (C=O) groups is 2. The van der Waals surface area contributed by atoms with Crippen LogP contribution in [0.3, 0.4) is 0 Å². The summed E-state index contributed by atoms with van der Waals surface area (Å²) in [6, 6.07) is 5.51. The van der Waals surface area contributed by atoms with Gasteiger partial charge in [0.25, 0.3) is 0 Å². The number of halogens is 1. The first-order valence-corrected chi connectivity index (χ1v) is 7.99. The monoisotopic (exact) mass is 323 g/mol. The lowest BCUT2D eigenvalue weighted by Gasteiger charge is -2.36. The summed E-state index contributed by atoms with van der Waals surface area (Å²) in [6.45, 7) is 4.04. The molecule has 4 nitrogen and oxygen atoms in total. The molecule has 0 spiro atoms. The van der Waals surface area contributed by atoms with E-state index in [0.29, 0.717) is 23.8 Å². The van der Waals surface area contributed by atoms with Crippen LogP contribution in [0.15, 0.2) is 18.2 Å². The van der Waals surface area contributed by atoms with Crippen LogP contribution in [0.25, 0.3) is 0 Å². The maximum absolute atomic E-state index is 12.3. The van der Waals surface area contributed by atoms with Crippen molar-refractivity contribution in [1.82, 2.24) is 5.32 Å². The van der Waals surface area contributed by atoms with Crippen LogP contribution < -0.4 is 5.32 Å². The van der Waals surface area contributed by atoms with Crippen molar-refractivity contribution in [3.05, 3.63) is 34.3 Å². The van der Waals surface area contributed by atoms with Gasteiger partial charge in [-0.2, -0.15) is 0 Å². The molecule has 1 aliphatic carbocycles. The minimum Gasteiger partial charge on any atom is -0.480 e. The maximum atomic E-state index is 12.3. The van der Waals surface area contributed by atoms with E-state index in [1.165, 1.54) is 0 Å². The molecule has 1 aromatic carbocycles. The molecule has 0 aliphatic heterocycles. The molecule has 0 radical (unpaired) electrons. The van der Waals surface area contributed by atoms with Gasteiger partial charge in [0.2, 0.25) is 5.91 Å². The highest BCUT2D eigenvalue weighted by molar-refractivity contribution is 6.31. The summed E-state index contributed by atoms with van der Waals surface area (Å²) in [6.07, 6.45) is 2.70. The van der Waals surface area contributed by atoms with Crippen LogP contribution in [-0.2, 0) is 16.0 Å². The minimum atomic E-state index is -1.12. The van der Waals surface area contributed by atoms with Crippen molar-refractivity contribution in [2.45, 2.75) is 51.5 Å². The lowest BCUT2D eigenvalue weighted by atomic mass is 9.77. The van der Waals surface area contributed by atoms with Gasteiger partial charge in [-0.05, 0) is 55.7 Å². The fourth-order valence-electron chi connectivity index (χ4n) is 2.93. The Kier molecular flexibility index (Phi) is 5.12.